The first-order chi connectivity index (χ1) is 14.7. The van der Waals surface area contributed by atoms with Gasteiger partial charge in [0.05, 0.1) is 12.4 Å². The summed E-state index contributed by atoms with van der Waals surface area (Å²) in [6, 6.07) is 8.78. The molecule has 1 aromatic heterocycles. The Kier molecular flexibility index (Phi) is 9.73. The second-order valence-corrected chi connectivity index (χ2v) is 9.26. The van der Waals surface area contributed by atoms with Gasteiger partial charge in [0, 0.05) is 29.0 Å². The van der Waals surface area contributed by atoms with Gasteiger partial charge in [-0.1, -0.05) is 30.7 Å². The zero-order chi connectivity index (χ0) is 21.0. The number of halogens is 1. The third kappa shape index (κ3) is 8.13. The van der Waals surface area contributed by atoms with E-state index in [1.165, 1.54) is 55.1 Å². The van der Waals surface area contributed by atoms with Crippen molar-refractivity contribution in [2.24, 2.45) is 0 Å². The number of rotatable bonds is 11. The zero-order valence-electron chi connectivity index (χ0n) is 17.1. The van der Waals surface area contributed by atoms with E-state index < -0.39 is 0 Å². The average molecular weight is 449 g/mol. The molecular weight excluding hydrogens is 419 g/mol. The number of piperidine rings is 1. The van der Waals surface area contributed by atoms with E-state index in [2.05, 4.69) is 21.7 Å². The Morgan fingerprint density at radius 1 is 1.27 bits per heavy atom. The predicted octanol–water partition coefficient (Wildman–Crippen LogP) is 5.21. The number of likely N-dealkylation sites (tertiary alicyclic amines) is 1. The van der Waals surface area contributed by atoms with Crippen LogP contribution in [0.25, 0.3) is 0 Å². The van der Waals surface area contributed by atoms with Crippen LogP contribution < -0.4 is 10.1 Å². The number of carbonyl (C=O) groups excluding carboxylic acids is 1. The summed E-state index contributed by atoms with van der Waals surface area (Å²) in [4.78, 5) is 15.7. The summed E-state index contributed by atoms with van der Waals surface area (Å²) in [6.07, 6.45) is 8.24. The van der Waals surface area contributed by atoms with Gasteiger partial charge in [0.15, 0.2) is 0 Å². The minimum atomic E-state index is -0.227. The molecule has 0 spiro atoms. The molecule has 30 heavy (non-hydrogen) atoms. The first-order valence-corrected chi connectivity index (χ1v) is 12.4. The van der Waals surface area contributed by atoms with Crippen molar-refractivity contribution in [3.8, 4) is 5.75 Å². The molecule has 1 saturated heterocycles. The minimum absolute atomic E-state index is 0.0892. The number of hydrogen-bond acceptors (Lipinski definition) is 5. The maximum Gasteiger partial charge on any atom is 0.233 e. The van der Waals surface area contributed by atoms with Crippen molar-refractivity contribution < 1.29 is 13.9 Å². The van der Waals surface area contributed by atoms with Crippen molar-refractivity contribution >= 4 is 29.0 Å². The molecule has 0 radical (unpaired) electrons. The van der Waals surface area contributed by atoms with E-state index in [0.717, 1.165) is 18.7 Å². The molecule has 3 rings (SSSR count). The quantitative estimate of drug-likeness (QED) is 0.480. The van der Waals surface area contributed by atoms with E-state index in [4.69, 9.17) is 4.74 Å². The fourth-order valence-corrected chi connectivity index (χ4v) is 4.92. The van der Waals surface area contributed by atoms with Crippen LogP contribution in [0.5, 0.6) is 5.75 Å². The normalized spacial score (nSPS) is 14.8. The van der Waals surface area contributed by atoms with Crippen LogP contribution in [0, 0.1) is 5.82 Å². The third-order valence-electron chi connectivity index (χ3n) is 4.82. The van der Waals surface area contributed by atoms with Crippen LogP contribution in [-0.4, -0.2) is 36.3 Å². The van der Waals surface area contributed by atoms with Gasteiger partial charge in [-0.2, -0.15) is 0 Å². The largest absolute Gasteiger partial charge is 0.492 e. The number of nitrogens with one attached hydrogen (secondary N) is 1. The van der Waals surface area contributed by atoms with Gasteiger partial charge >= 0.3 is 0 Å². The molecule has 1 amide bonds. The van der Waals surface area contributed by atoms with Gasteiger partial charge in [0.2, 0.25) is 5.91 Å². The molecule has 2 heterocycles. The Morgan fingerprint density at radius 2 is 2.10 bits per heavy atom. The first kappa shape index (κ1) is 22.8. The number of hydrogen-bond donors (Lipinski definition) is 1. The number of ether oxygens (including phenoxy) is 1. The van der Waals surface area contributed by atoms with Crippen molar-refractivity contribution in [3.05, 3.63) is 64.2 Å². The molecule has 1 fully saturated rings. The topological polar surface area (TPSA) is 41.6 Å². The van der Waals surface area contributed by atoms with Crippen molar-refractivity contribution in [2.45, 2.75) is 38.0 Å². The third-order valence-corrected chi connectivity index (χ3v) is 6.70. The summed E-state index contributed by atoms with van der Waals surface area (Å²) >= 11 is 3.15. The number of benzene rings is 1. The molecule has 2 aromatic rings. The smallest absolute Gasteiger partial charge is 0.233 e. The monoisotopic (exact) mass is 448 g/mol. The van der Waals surface area contributed by atoms with E-state index in [0.29, 0.717) is 23.7 Å². The van der Waals surface area contributed by atoms with Crippen LogP contribution in [0.1, 0.15) is 36.1 Å². The van der Waals surface area contributed by atoms with Gasteiger partial charge < -0.3 is 10.1 Å². The van der Waals surface area contributed by atoms with Gasteiger partial charge in [0.1, 0.15) is 11.6 Å². The Morgan fingerprint density at radius 3 is 2.93 bits per heavy atom. The van der Waals surface area contributed by atoms with Crippen LogP contribution in [0.2, 0.25) is 0 Å². The van der Waals surface area contributed by atoms with E-state index in [1.54, 1.807) is 35.7 Å². The lowest BCUT2D eigenvalue weighted by molar-refractivity contribution is -0.117. The maximum absolute atomic E-state index is 13.5. The van der Waals surface area contributed by atoms with Crippen LogP contribution in [0.15, 0.2) is 48.0 Å². The molecule has 0 saturated carbocycles. The number of carbonyl (C=O) groups is 1. The van der Waals surface area contributed by atoms with E-state index in [-0.39, 0.29) is 11.7 Å². The molecule has 0 bridgehead atoms. The molecule has 162 valence electrons. The summed E-state index contributed by atoms with van der Waals surface area (Å²) in [7, 11) is 0. The summed E-state index contributed by atoms with van der Waals surface area (Å²) in [5.41, 5.74) is 0.621. The van der Waals surface area contributed by atoms with Crippen molar-refractivity contribution in [1.82, 2.24) is 10.2 Å². The average Bonchev–Trinajstić information content (AvgIpc) is 3.20. The highest BCUT2D eigenvalue weighted by Gasteiger charge is 2.11. The van der Waals surface area contributed by atoms with Gasteiger partial charge in [0.25, 0.3) is 0 Å². The molecule has 0 atom stereocenters. The van der Waals surface area contributed by atoms with Gasteiger partial charge in [-0.25, -0.2) is 4.39 Å². The minimum Gasteiger partial charge on any atom is -0.492 e. The molecule has 7 heteroatoms. The second kappa shape index (κ2) is 12.8. The number of thiophene rings is 1. The van der Waals surface area contributed by atoms with Crippen molar-refractivity contribution in [1.29, 1.82) is 0 Å². The molecule has 1 aliphatic heterocycles. The summed E-state index contributed by atoms with van der Waals surface area (Å²) in [6.45, 7) is 4.00. The zero-order valence-corrected chi connectivity index (χ0v) is 18.8. The number of amides is 1. The molecule has 1 N–H and O–H groups in total. The van der Waals surface area contributed by atoms with Crippen LogP contribution in [0.3, 0.4) is 0 Å². The molecule has 1 aliphatic rings. The number of thioether (sulfide) groups is 1. The van der Waals surface area contributed by atoms with Gasteiger partial charge in [-0.15, -0.1) is 23.1 Å². The Balaban J connectivity index is 1.24. The van der Waals surface area contributed by atoms with Crippen LogP contribution in [0.4, 0.5) is 4.39 Å². The van der Waals surface area contributed by atoms with Gasteiger partial charge in [-0.05, 0) is 49.8 Å². The molecule has 1 aromatic carbocycles. The van der Waals surface area contributed by atoms with E-state index in [1.807, 2.05) is 6.08 Å². The van der Waals surface area contributed by atoms with E-state index >= 15 is 0 Å². The van der Waals surface area contributed by atoms with Crippen LogP contribution in [-0.2, 0) is 17.1 Å². The summed E-state index contributed by atoms with van der Waals surface area (Å²) in [5, 5.41) is 4.81. The highest BCUT2D eigenvalue weighted by molar-refractivity contribution is 7.99. The fraction of sp³-hybridized carbons (Fsp3) is 0.435. The number of nitrogens with zero attached hydrogens (tertiary/aromatic N) is 1. The van der Waals surface area contributed by atoms with Crippen molar-refractivity contribution in [3.63, 3.8) is 0 Å². The lowest BCUT2D eigenvalue weighted by atomic mass is 10.1. The lowest BCUT2D eigenvalue weighted by Crippen LogP contribution is -2.28. The fourth-order valence-electron chi connectivity index (χ4n) is 3.25. The standard InChI is InChI=1S/C23H29FN2O2S2/c24-22-9-3-2-8-19(22)16-29-18-23(27)25-10-4-7-13-28-20-14-21(30-17-20)15-26-11-5-1-6-12-26/h2-4,8-10,14,17H,1,5-7,11-13,15-16,18H2,(H,25,27)/b10-4-. The Hall–Kier alpha value is -1.83. The van der Waals surface area contributed by atoms with Gasteiger partial charge in [-0.3, -0.25) is 9.69 Å². The maximum atomic E-state index is 13.5. The Labute approximate surface area is 186 Å². The Bertz CT molecular complexity index is 819. The summed E-state index contributed by atoms with van der Waals surface area (Å²) < 4.78 is 19.3. The molecule has 4 nitrogen and oxygen atoms in total. The predicted molar refractivity (Wildman–Crippen MR) is 123 cm³/mol. The van der Waals surface area contributed by atoms with Crippen molar-refractivity contribution in [2.75, 3.05) is 25.4 Å². The van der Waals surface area contributed by atoms with E-state index in [9.17, 15) is 9.18 Å². The highest BCUT2D eigenvalue weighted by atomic mass is 32.2. The van der Waals surface area contributed by atoms with Crippen LogP contribution >= 0.6 is 23.1 Å². The summed E-state index contributed by atoms with van der Waals surface area (Å²) in [5.74, 6) is 1.39. The second-order valence-electron chi connectivity index (χ2n) is 7.28. The lowest BCUT2D eigenvalue weighted by Gasteiger charge is -2.25. The highest BCUT2D eigenvalue weighted by Crippen LogP contribution is 2.24. The molecule has 0 aliphatic carbocycles. The molecule has 0 unspecified atom stereocenters. The molecular formula is C23H29FN2O2S2. The SMILES string of the molecule is O=C(CSCc1ccccc1F)N/C=C\CCOc1csc(CN2CCCCC2)c1. The first-order valence-electron chi connectivity index (χ1n) is 10.4.